The minimum Gasteiger partial charge on any atom is -0.382 e. The standard InChI is InChI=1S/C15H19N5S/c16-14-13(11-3-5-17-6-4-11)15(21-18-14)20-9-7-19(8-10-20)12-1-2-12/h3-6,12H,1-2,7-10H2,(H2,16,18). The lowest BCUT2D eigenvalue weighted by molar-refractivity contribution is 0.248. The number of nitrogen functional groups attached to an aromatic ring is 1. The Bertz CT molecular complexity index is 614. The van der Waals surface area contributed by atoms with E-state index in [1.165, 1.54) is 29.4 Å². The van der Waals surface area contributed by atoms with Crippen LogP contribution in [0.4, 0.5) is 10.8 Å². The van der Waals surface area contributed by atoms with E-state index in [4.69, 9.17) is 5.73 Å². The smallest absolute Gasteiger partial charge is 0.147 e. The minimum absolute atomic E-state index is 0.630. The first-order valence-corrected chi connectivity index (χ1v) is 8.25. The van der Waals surface area contributed by atoms with E-state index >= 15 is 0 Å². The van der Waals surface area contributed by atoms with Gasteiger partial charge in [-0.15, -0.1) is 0 Å². The zero-order valence-electron chi connectivity index (χ0n) is 11.9. The largest absolute Gasteiger partial charge is 0.382 e. The highest BCUT2D eigenvalue weighted by molar-refractivity contribution is 7.11. The van der Waals surface area contributed by atoms with Gasteiger partial charge in [-0.05, 0) is 42.1 Å². The normalized spacial score (nSPS) is 19.9. The number of hydrogen-bond acceptors (Lipinski definition) is 6. The zero-order chi connectivity index (χ0) is 14.2. The maximum absolute atomic E-state index is 6.11. The van der Waals surface area contributed by atoms with Gasteiger partial charge in [0, 0.05) is 44.6 Å². The first-order chi connectivity index (χ1) is 10.3. The number of anilines is 2. The fourth-order valence-electron chi connectivity index (χ4n) is 3.03. The Morgan fingerprint density at radius 1 is 1.10 bits per heavy atom. The number of hydrogen-bond donors (Lipinski definition) is 1. The fourth-order valence-corrected chi connectivity index (χ4v) is 3.92. The molecule has 1 saturated carbocycles. The van der Waals surface area contributed by atoms with E-state index in [1.54, 1.807) is 12.4 Å². The van der Waals surface area contributed by atoms with Crippen molar-refractivity contribution in [2.75, 3.05) is 36.8 Å². The Morgan fingerprint density at radius 2 is 1.81 bits per heavy atom. The Hall–Kier alpha value is -1.66. The number of nitrogens with zero attached hydrogens (tertiary/aromatic N) is 4. The first kappa shape index (κ1) is 13.0. The fraction of sp³-hybridized carbons (Fsp3) is 0.467. The number of rotatable bonds is 3. The van der Waals surface area contributed by atoms with Crippen LogP contribution in [0.25, 0.3) is 11.1 Å². The molecule has 2 aromatic rings. The van der Waals surface area contributed by atoms with E-state index in [0.29, 0.717) is 5.82 Å². The van der Waals surface area contributed by atoms with Crippen LogP contribution < -0.4 is 10.6 Å². The third kappa shape index (κ3) is 2.49. The lowest BCUT2D eigenvalue weighted by Crippen LogP contribution is -2.47. The molecule has 1 saturated heterocycles. The zero-order valence-corrected chi connectivity index (χ0v) is 12.7. The van der Waals surface area contributed by atoms with Gasteiger partial charge in [0.05, 0.1) is 5.56 Å². The van der Waals surface area contributed by atoms with Crippen LogP contribution in [0.1, 0.15) is 12.8 Å². The van der Waals surface area contributed by atoms with Gasteiger partial charge in [-0.1, -0.05) is 0 Å². The van der Waals surface area contributed by atoms with E-state index in [0.717, 1.165) is 43.3 Å². The molecule has 0 spiro atoms. The maximum atomic E-state index is 6.11. The van der Waals surface area contributed by atoms with Crippen molar-refractivity contribution in [1.82, 2.24) is 14.3 Å². The third-order valence-electron chi connectivity index (χ3n) is 4.33. The van der Waals surface area contributed by atoms with Gasteiger partial charge in [-0.3, -0.25) is 9.88 Å². The minimum atomic E-state index is 0.630. The molecule has 2 fully saturated rings. The van der Waals surface area contributed by atoms with Crippen LogP contribution in [0.3, 0.4) is 0 Å². The summed E-state index contributed by atoms with van der Waals surface area (Å²) in [6.07, 6.45) is 6.38. The summed E-state index contributed by atoms with van der Waals surface area (Å²) in [7, 11) is 0. The molecule has 1 aliphatic heterocycles. The van der Waals surface area contributed by atoms with Gasteiger partial charge in [0.1, 0.15) is 10.8 Å². The van der Waals surface area contributed by atoms with E-state index in [1.807, 2.05) is 12.1 Å². The summed E-state index contributed by atoms with van der Waals surface area (Å²) >= 11 is 1.51. The summed E-state index contributed by atoms with van der Waals surface area (Å²) in [6, 6.07) is 4.87. The molecule has 21 heavy (non-hydrogen) atoms. The molecule has 0 aromatic carbocycles. The van der Waals surface area contributed by atoms with Gasteiger partial charge in [0.25, 0.3) is 0 Å². The van der Waals surface area contributed by atoms with Gasteiger partial charge in [-0.2, -0.15) is 4.37 Å². The maximum Gasteiger partial charge on any atom is 0.147 e. The lowest BCUT2D eigenvalue weighted by atomic mass is 10.1. The average Bonchev–Trinajstić information content (AvgIpc) is 3.31. The predicted octanol–water partition coefficient (Wildman–Crippen LogP) is 2.07. The number of aromatic nitrogens is 2. The van der Waals surface area contributed by atoms with E-state index in [9.17, 15) is 0 Å². The van der Waals surface area contributed by atoms with Crippen LogP contribution in [-0.2, 0) is 0 Å². The van der Waals surface area contributed by atoms with Gasteiger partial charge < -0.3 is 10.6 Å². The van der Waals surface area contributed by atoms with Gasteiger partial charge in [0.15, 0.2) is 0 Å². The molecule has 0 atom stereocenters. The van der Waals surface area contributed by atoms with E-state index in [-0.39, 0.29) is 0 Å². The van der Waals surface area contributed by atoms with Gasteiger partial charge in [-0.25, -0.2) is 0 Å². The van der Waals surface area contributed by atoms with Gasteiger partial charge in [0.2, 0.25) is 0 Å². The Labute approximate surface area is 128 Å². The Kier molecular flexibility index (Phi) is 3.27. The molecule has 2 N–H and O–H groups in total. The quantitative estimate of drug-likeness (QED) is 0.940. The predicted molar refractivity (Wildman–Crippen MR) is 86.6 cm³/mol. The summed E-state index contributed by atoms with van der Waals surface area (Å²) in [5.41, 5.74) is 8.29. The molecule has 0 bridgehead atoms. The monoisotopic (exact) mass is 301 g/mol. The van der Waals surface area contributed by atoms with Crippen LogP contribution >= 0.6 is 11.5 Å². The van der Waals surface area contributed by atoms with Crippen molar-refractivity contribution >= 4 is 22.4 Å². The highest BCUT2D eigenvalue weighted by atomic mass is 32.1. The lowest BCUT2D eigenvalue weighted by Gasteiger charge is -2.35. The molecule has 0 radical (unpaired) electrons. The van der Waals surface area contributed by atoms with Crippen LogP contribution in [-0.4, -0.2) is 46.5 Å². The van der Waals surface area contributed by atoms with E-state index < -0.39 is 0 Å². The highest BCUT2D eigenvalue weighted by Crippen LogP contribution is 2.39. The molecule has 0 amide bonds. The molecule has 0 unspecified atom stereocenters. The topological polar surface area (TPSA) is 58.3 Å². The Morgan fingerprint density at radius 3 is 2.48 bits per heavy atom. The molecule has 2 aromatic heterocycles. The van der Waals surface area contributed by atoms with Crippen molar-refractivity contribution < 1.29 is 0 Å². The summed E-state index contributed by atoms with van der Waals surface area (Å²) in [5.74, 6) is 0.630. The van der Waals surface area contributed by atoms with Gasteiger partial charge >= 0.3 is 0 Å². The first-order valence-electron chi connectivity index (χ1n) is 7.47. The van der Waals surface area contributed by atoms with Crippen LogP contribution in [0, 0.1) is 0 Å². The molecule has 6 heteroatoms. The number of pyridine rings is 1. The molecular weight excluding hydrogens is 282 g/mol. The molecule has 1 aliphatic carbocycles. The summed E-state index contributed by atoms with van der Waals surface area (Å²) < 4.78 is 4.38. The van der Waals surface area contributed by atoms with Crippen molar-refractivity contribution in [1.29, 1.82) is 0 Å². The van der Waals surface area contributed by atoms with Crippen molar-refractivity contribution in [2.45, 2.75) is 18.9 Å². The number of nitrogens with two attached hydrogens (primary N) is 1. The second-order valence-electron chi connectivity index (χ2n) is 5.74. The number of piperazine rings is 1. The summed E-state index contributed by atoms with van der Waals surface area (Å²) in [4.78, 5) is 9.14. The molecule has 2 aliphatic rings. The second-order valence-corrected chi connectivity index (χ2v) is 6.49. The SMILES string of the molecule is Nc1nsc(N2CCN(C3CC3)CC2)c1-c1ccncc1. The van der Waals surface area contributed by atoms with Crippen LogP contribution in [0.5, 0.6) is 0 Å². The Balaban J connectivity index is 1.58. The second kappa shape index (κ2) is 5.27. The van der Waals surface area contributed by atoms with Crippen molar-refractivity contribution in [3.8, 4) is 11.1 Å². The van der Waals surface area contributed by atoms with Crippen LogP contribution in [0.2, 0.25) is 0 Å². The van der Waals surface area contributed by atoms with Crippen molar-refractivity contribution in [3.05, 3.63) is 24.5 Å². The van der Waals surface area contributed by atoms with Crippen molar-refractivity contribution in [2.24, 2.45) is 0 Å². The van der Waals surface area contributed by atoms with Crippen molar-refractivity contribution in [3.63, 3.8) is 0 Å². The third-order valence-corrected chi connectivity index (χ3v) is 5.26. The summed E-state index contributed by atoms with van der Waals surface area (Å²) in [5, 5.41) is 1.20. The van der Waals surface area contributed by atoms with E-state index in [2.05, 4.69) is 19.2 Å². The molecular formula is C15H19N5S. The summed E-state index contributed by atoms with van der Waals surface area (Å²) in [6.45, 7) is 4.43. The average molecular weight is 301 g/mol. The molecule has 5 nitrogen and oxygen atoms in total. The van der Waals surface area contributed by atoms with Crippen LogP contribution in [0.15, 0.2) is 24.5 Å². The molecule has 4 rings (SSSR count). The molecule has 110 valence electrons. The highest BCUT2D eigenvalue weighted by Gasteiger charge is 2.32. The molecule has 3 heterocycles.